The van der Waals surface area contributed by atoms with E-state index in [9.17, 15) is 4.39 Å². The molecular formula is C16H17BrFNO. The van der Waals surface area contributed by atoms with E-state index < -0.39 is 0 Å². The summed E-state index contributed by atoms with van der Waals surface area (Å²) in [5.74, 6) is 0.470. The molecule has 0 saturated carbocycles. The molecule has 0 aliphatic rings. The first-order chi connectivity index (χ1) is 9.54. The van der Waals surface area contributed by atoms with E-state index in [0.717, 1.165) is 16.6 Å². The van der Waals surface area contributed by atoms with Crippen LogP contribution in [0.15, 0.2) is 46.9 Å². The van der Waals surface area contributed by atoms with Crippen molar-refractivity contribution >= 4 is 15.9 Å². The Bertz CT molecular complexity index is 586. The molecule has 4 heteroatoms. The third kappa shape index (κ3) is 4.32. The number of nitrogens with one attached hydrogen (secondary N) is 1. The maximum Gasteiger partial charge on any atom is 0.165 e. The van der Waals surface area contributed by atoms with Gasteiger partial charge in [-0.2, -0.15) is 0 Å². The van der Waals surface area contributed by atoms with Crippen LogP contribution in [-0.4, -0.2) is 6.04 Å². The minimum atomic E-state index is -0.376. The zero-order valence-corrected chi connectivity index (χ0v) is 13.1. The summed E-state index contributed by atoms with van der Waals surface area (Å²) in [6.07, 6.45) is 0. The summed E-state index contributed by atoms with van der Waals surface area (Å²) >= 11 is 3.31. The average Bonchev–Trinajstić information content (AvgIpc) is 2.41. The number of benzene rings is 2. The predicted molar refractivity (Wildman–Crippen MR) is 82.6 cm³/mol. The summed E-state index contributed by atoms with van der Waals surface area (Å²) in [4.78, 5) is 0. The van der Waals surface area contributed by atoms with Gasteiger partial charge in [-0.05, 0) is 35.9 Å². The van der Waals surface area contributed by atoms with Crippen LogP contribution in [-0.2, 0) is 6.54 Å². The molecule has 0 heterocycles. The van der Waals surface area contributed by atoms with Crippen molar-refractivity contribution < 1.29 is 9.13 Å². The van der Waals surface area contributed by atoms with Crippen molar-refractivity contribution in [3.05, 3.63) is 58.3 Å². The Morgan fingerprint density at radius 2 is 2.00 bits per heavy atom. The van der Waals surface area contributed by atoms with Gasteiger partial charge in [0.1, 0.15) is 5.75 Å². The van der Waals surface area contributed by atoms with Crippen LogP contribution in [0.3, 0.4) is 0 Å². The van der Waals surface area contributed by atoms with Crippen molar-refractivity contribution in [3.63, 3.8) is 0 Å². The largest absolute Gasteiger partial charge is 0.454 e. The Labute approximate surface area is 127 Å². The van der Waals surface area contributed by atoms with Crippen LogP contribution in [0.4, 0.5) is 4.39 Å². The van der Waals surface area contributed by atoms with E-state index in [1.54, 1.807) is 12.1 Å². The highest BCUT2D eigenvalue weighted by molar-refractivity contribution is 9.10. The van der Waals surface area contributed by atoms with Crippen LogP contribution >= 0.6 is 15.9 Å². The Hall–Kier alpha value is -1.39. The van der Waals surface area contributed by atoms with Gasteiger partial charge in [-0.25, -0.2) is 4.39 Å². The van der Waals surface area contributed by atoms with E-state index in [1.165, 1.54) is 6.07 Å². The fourth-order valence-corrected chi connectivity index (χ4v) is 2.06. The third-order valence-corrected chi connectivity index (χ3v) is 3.23. The summed E-state index contributed by atoms with van der Waals surface area (Å²) in [6.45, 7) is 4.95. The first-order valence-electron chi connectivity index (χ1n) is 6.50. The predicted octanol–water partition coefficient (Wildman–Crippen LogP) is 4.88. The minimum absolute atomic E-state index is 0.216. The normalized spacial score (nSPS) is 10.8. The van der Waals surface area contributed by atoms with E-state index >= 15 is 0 Å². The van der Waals surface area contributed by atoms with Gasteiger partial charge in [-0.1, -0.05) is 41.9 Å². The average molecular weight is 338 g/mol. The van der Waals surface area contributed by atoms with Gasteiger partial charge >= 0.3 is 0 Å². The van der Waals surface area contributed by atoms with E-state index in [-0.39, 0.29) is 11.6 Å². The van der Waals surface area contributed by atoms with Crippen LogP contribution in [0.1, 0.15) is 19.4 Å². The molecule has 2 nitrogen and oxygen atoms in total. The molecule has 0 unspecified atom stereocenters. The molecule has 1 N–H and O–H groups in total. The lowest BCUT2D eigenvalue weighted by atomic mass is 10.2. The Balaban J connectivity index is 2.13. The smallest absolute Gasteiger partial charge is 0.165 e. The highest BCUT2D eigenvalue weighted by Gasteiger charge is 2.06. The number of hydrogen-bond acceptors (Lipinski definition) is 2. The van der Waals surface area contributed by atoms with Crippen molar-refractivity contribution in [1.82, 2.24) is 5.32 Å². The van der Waals surface area contributed by atoms with Crippen LogP contribution in [0.5, 0.6) is 11.5 Å². The van der Waals surface area contributed by atoms with Gasteiger partial charge in [0.15, 0.2) is 11.6 Å². The van der Waals surface area contributed by atoms with Crippen LogP contribution < -0.4 is 10.1 Å². The SMILES string of the molecule is CC(C)NCc1cccc(Oc2cc(Br)ccc2F)c1. The quantitative estimate of drug-likeness (QED) is 0.839. The maximum atomic E-state index is 13.7. The van der Waals surface area contributed by atoms with E-state index in [0.29, 0.717) is 11.8 Å². The molecule has 2 aromatic rings. The highest BCUT2D eigenvalue weighted by atomic mass is 79.9. The van der Waals surface area contributed by atoms with Gasteiger partial charge in [0.2, 0.25) is 0 Å². The molecule has 106 valence electrons. The molecule has 0 aliphatic carbocycles. The Kier molecular flexibility index (Phi) is 5.15. The second-order valence-electron chi connectivity index (χ2n) is 4.86. The molecule has 20 heavy (non-hydrogen) atoms. The molecule has 0 fully saturated rings. The fourth-order valence-electron chi connectivity index (χ4n) is 1.72. The van der Waals surface area contributed by atoms with Gasteiger partial charge in [-0.3, -0.25) is 0 Å². The molecule has 0 aliphatic heterocycles. The second-order valence-corrected chi connectivity index (χ2v) is 5.78. The highest BCUT2D eigenvalue weighted by Crippen LogP contribution is 2.27. The topological polar surface area (TPSA) is 21.3 Å². The van der Waals surface area contributed by atoms with Crippen molar-refractivity contribution in [3.8, 4) is 11.5 Å². The Morgan fingerprint density at radius 1 is 1.20 bits per heavy atom. The van der Waals surface area contributed by atoms with E-state index in [1.807, 2.05) is 24.3 Å². The monoisotopic (exact) mass is 337 g/mol. The van der Waals surface area contributed by atoms with E-state index in [2.05, 4.69) is 35.1 Å². The summed E-state index contributed by atoms with van der Waals surface area (Å²) in [6, 6.07) is 12.7. The van der Waals surface area contributed by atoms with Gasteiger partial charge < -0.3 is 10.1 Å². The van der Waals surface area contributed by atoms with Crippen molar-refractivity contribution in [2.24, 2.45) is 0 Å². The van der Waals surface area contributed by atoms with Crippen molar-refractivity contribution in [1.29, 1.82) is 0 Å². The molecule has 2 aromatic carbocycles. The van der Waals surface area contributed by atoms with E-state index in [4.69, 9.17) is 4.74 Å². The minimum Gasteiger partial charge on any atom is -0.454 e. The summed E-state index contributed by atoms with van der Waals surface area (Å²) in [5, 5.41) is 3.34. The zero-order chi connectivity index (χ0) is 14.5. The lowest BCUT2D eigenvalue weighted by Crippen LogP contribution is -2.21. The number of halogens is 2. The summed E-state index contributed by atoms with van der Waals surface area (Å²) < 4.78 is 20.0. The second kappa shape index (κ2) is 6.86. The first-order valence-corrected chi connectivity index (χ1v) is 7.29. The Morgan fingerprint density at radius 3 is 2.75 bits per heavy atom. The van der Waals surface area contributed by atoms with Crippen molar-refractivity contribution in [2.45, 2.75) is 26.4 Å². The molecule has 0 bridgehead atoms. The number of ether oxygens (including phenoxy) is 1. The summed E-state index contributed by atoms with van der Waals surface area (Å²) in [7, 11) is 0. The van der Waals surface area contributed by atoms with Gasteiger partial charge in [0.05, 0.1) is 0 Å². The lowest BCUT2D eigenvalue weighted by Gasteiger charge is -2.11. The first kappa shape index (κ1) is 15.0. The van der Waals surface area contributed by atoms with Crippen LogP contribution in [0, 0.1) is 5.82 Å². The molecule has 0 aromatic heterocycles. The molecule has 2 rings (SSSR count). The van der Waals surface area contributed by atoms with Gasteiger partial charge in [0, 0.05) is 17.1 Å². The molecular weight excluding hydrogens is 321 g/mol. The van der Waals surface area contributed by atoms with Crippen molar-refractivity contribution in [2.75, 3.05) is 0 Å². The molecule has 0 spiro atoms. The molecule has 0 amide bonds. The zero-order valence-electron chi connectivity index (χ0n) is 11.5. The standard InChI is InChI=1S/C16H17BrFNO/c1-11(2)19-10-12-4-3-5-14(8-12)20-16-9-13(17)6-7-15(16)18/h3-9,11,19H,10H2,1-2H3. The molecule has 0 radical (unpaired) electrons. The van der Waals surface area contributed by atoms with Gasteiger partial charge in [0.25, 0.3) is 0 Å². The lowest BCUT2D eigenvalue weighted by molar-refractivity contribution is 0.441. The van der Waals surface area contributed by atoms with Crippen LogP contribution in [0.2, 0.25) is 0 Å². The number of hydrogen-bond donors (Lipinski definition) is 1. The number of rotatable bonds is 5. The third-order valence-electron chi connectivity index (χ3n) is 2.73. The van der Waals surface area contributed by atoms with Gasteiger partial charge in [-0.15, -0.1) is 0 Å². The molecule has 0 saturated heterocycles. The molecule has 0 atom stereocenters. The fraction of sp³-hybridized carbons (Fsp3) is 0.250. The maximum absolute atomic E-state index is 13.7. The summed E-state index contributed by atoms with van der Waals surface area (Å²) in [5.41, 5.74) is 1.10. The van der Waals surface area contributed by atoms with Crippen LogP contribution in [0.25, 0.3) is 0 Å².